The molecule has 168 valence electrons. The van der Waals surface area contributed by atoms with E-state index >= 15 is 0 Å². The van der Waals surface area contributed by atoms with E-state index in [1.54, 1.807) is 36.1 Å². The summed E-state index contributed by atoms with van der Waals surface area (Å²) in [5.41, 5.74) is 4.52. The summed E-state index contributed by atoms with van der Waals surface area (Å²) in [5, 5.41) is 2.87. The molecule has 1 aliphatic rings. The molecule has 6 nitrogen and oxygen atoms in total. The fourth-order valence-corrected chi connectivity index (χ4v) is 4.05. The van der Waals surface area contributed by atoms with Crippen molar-refractivity contribution in [1.82, 2.24) is 4.90 Å². The molecule has 1 aliphatic heterocycles. The van der Waals surface area contributed by atoms with Gasteiger partial charge in [-0.3, -0.25) is 9.59 Å². The maximum absolute atomic E-state index is 13.1. The summed E-state index contributed by atoms with van der Waals surface area (Å²) in [6.45, 7) is 4.48. The molecule has 1 atom stereocenters. The van der Waals surface area contributed by atoms with Crippen molar-refractivity contribution in [3.63, 3.8) is 0 Å². The van der Waals surface area contributed by atoms with Crippen LogP contribution in [0.25, 0.3) is 0 Å². The van der Waals surface area contributed by atoms with Gasteiger partial charge in [0.2, 0.25) is 5.91 Å². The third-order valence-electron chi connectivity index (χ3n) is 5.72. The number of anilines is 1. The van der Waals surface area contributed by atoms with Gasteiger partial charge in [-0.25, -0.2) is 4.79 Å². The number of aryl methyl sites for hydroxylation is 1. The molecule has 0 saturated carbocycles. The van der Waals surface area contributed by atoms with E-state index in [9.17, 15) is 14.4 Å². The first-order chi connectivity index (χ1) is 16.0. The number of rotatable bonds is 7. The molecule has 0 bridgehead atoms. The number of hydrogen-bond acceptors (Lipinski definition) is 4. The molecule has 1 heterocycles. The van der Waals surface area contributed by atoms with Gasteiger partial charge in [0.15, 0.2) is 0 Å². The van der Waals surface area contributed by atoms with Crippen molar-refractivity contribution in [2.75, 3.05) is 11.9 Å². The molecule has 0 saturated heterocycles. The molecule has 0 aliphatic carbocycles. The van der Waals surface area contributed by atoms with E-state index in [1.807, 2.05) is 55.5 Å². The van der Waals surface area contributed by atoms with Gasteiger partial charge in [-0.1, -0.05) is 54.1 Å². The highest BCUT2D eigenvalue weighted by atomic mass is 16.5. The number of ether oxygens (including phenoxy) is 1. The van der Waals surface area contributed by atoms with Crippen LogP contribution >= 0.6 is 0 Å². The van der Waals surface area contributed by atoms with Crippen molar-refractivity contribution in [2.45, 2.75) is 32.9 Å². The minimum atomic E-state index is -0.438. The van der Waals surface area contributed by atoms with Crippen molar-refractivity contribution in [1.29, 1.82) is 0 Å². The van der Waals surface area contributed by atoms with Crippen LogP contribution < -0.4 is 5.32 Å². The van der Waals surface area contributed by atoms with Crippen molar-refractivity contribution < 1.29 is 19.1 Å². The quantitative estimate of drug-likeness (QED) is 0.528. The number of fused-ring (bicyclic) bond motifs is 1. The van der Waals surface area contributed by atoms with Crippen LogP contribution in [-0.2, 0) is 16.1 Å². The number of hydrogen-bond donors (Lipinski definition) is 1. The van der Waals surface area contributed by atoms with E-state index in [4.69, 9.17) is 4.74 Å². The largest absolute Gasteiger partial charge is 0.462 e. The average molecular weight is 443 g/mol. The molecule has 0 aromatic heterocycles. The standard InChI is InChI=1S/C27H26N2O4/c1-3-33-27(32)20-8-6-9-22(15-20)28-25(30)16-24(19-13-11-18(2)12-14-19)29-17-21-7-4-5-10-23(21)26(29)31/h4-15,24H,3,16-17H2,1-2H3,(H,28,30)/t24-/m1/s1. The molecule has 1 N–H and O–H groups in total. The number of nitrogens with one attached hydrogen (secondary N) is 1. The highest BCUT2D eigenvalue weighted by molar-refractivity contribution is 5.99. The van der Waals surface area contributed by atoms with Crippen molar-refractivity contribution in [3.05, 3.63) is 101 Å². The lowest BCUT2D eigenvalue weighted by Gasteiger charge is -2.28. The predicted molar refractivity (Wildman–Crippen MR) is 126 cm³/mol. The zero-order valence-corrected chi connectivity index (χ0v) is 18.7. The van der Waals surface area contributed by atoms with Crippen molar-refractivity contribution in [3.8, 4) is 0 Å². The Hall–Kier alpha value is -3.93. The van der Waals surface area contributed by atoms with Crippen LogP contribution in [0.3, 0.4) is 0 Å². The molecule has 0 fully saturated rings. The number of benzene rings is 3. The SMILES string of the molecule is CCOC(=O)c1cccc(NC(=O)C[C@H](c2ccc(C)cc2)N2Cc3ccccc3C2=O)c1. The molecule has 0 radical (unpaired) electrons. The van der Waals surface area contributed by atoms with E-state index in [0.717, 1.165) is 16.7 Å². The summed E-state index contributed by atoms with van der Waals surface area (Å²) in [4.78, 5) is 39.9. The Morgan fingerprint density at radius 3 is 2.52 bits per heavy atom. The van der Waals surface area contributed by atoms with Gasteiger partial charge in [-0.05, 0) is 49.2 Å². The Balaban J connectivity index is 1.56. The monoisotopic (exact) mass is 442 g/mol. The number of carbonyl (C=O) groups is 3. The molecule has 3 aromatic rings. The smallest absolute Gasteiger partial charge is 0.338 e. The Bertz CT molecular complexity index is 1190. The van der Waals surface area contributed by atoms with Crippen LogP contribution in [0, 0.1) is 6.92 Å². The summed E-state index contributed by atoms with van der Waals surface area (Å²) in [6.07, 6.45) is 0.0897. The fourth-order valence-electron chi connectivity index (χ4n) is 4.05. The highest BCUT2D eigenvalue weighted by Gasteiger charge is 2.34. The first kappa shape index (κ1) is 22.3. The summed E-state index contributed by atoms with van der Waals surface area (Å²) in [7, 11) is 0. The third kappa shape index (κ3) is 4.95. The summed E-state index contributed by atoms with van der Waals surface area (Å²) < 4.78 is 5.03. The van der Waals surface area contributed by atoms with Crippen LogP contribution in [0.4, 0.5) is 5.69 Å². The molecule has 6 heteroatoms. The Labute approximate surface area is 193 Å². The molecule has 2 amide bonds. The van der Waals surface area contributed by atoms with E-state index in [2.05, 4.69) is 5.32 Å². The molecular formula is C27H26N2O4. The second kappa shape index (κ2) is 9.69. The van der Waals surface area contributed by atoms with Crippen LogP contribution in [0.15, 0.2) is 72.8 Å². The lowest BCUT2D eigenvalue weighted by molar-refractivity contribution is -0.117. The van der Waals surface area contributed by atoms with Crippen LogP contribution in [0.5, 0.6) is 0 Å². The minimum absolute atomic E-state index is 0.0757. The van der Waals surface area contributed by atoms with Gasteiger partial charge in [0, 0.05) is 17.8 Å². The van der Waals surface area contributed by atoms with Gasteiger partial charge < -0.3 is 15.0 Å². The van der Waals surface area contributed by atoms with Crippen molar-refractivity contribution >= 4 is 23.5 Å². The van der Waals surface area contributed by atoms with E-state index in [1.165, 1.54) is 0 Å². The van der Waals surface area contributed by atoms with E-state index in [-0.39, 0.29) is 24.8 Å². The molecule has 3 aromatic carbocycles. The van der Waals surface area contributed by atoms with Gasteiger partial charge in [0.25, 0.3) is 5.91 Å². The first-order valence-corrected chi connectivity index (χ1v) is 11.0. The van der Waals surface area contributed by atoms with Gasteiger partial charge >= 0.3 is 5.97 Å². The van der Waals surface area contributed by atoms with Gasteiger partial charge in [0.1, 0.15) is 0 Å². The predicted octanol–water partition coefficient (Wildman–Crippen LogP) is 4.90. The highest BCUT2D eigenvalue weighted by Crippen LogP contribution is 2.34. The lowest BCUT2D eigenvalue weighted by atomic mass is 10.00. The van der Waals surface area contributed by atoms with Crippen molar-refractivity contribution in [2.24, 2.45) is 0 Å². The Morgan fingerprint density at radius 1 is 1.03 bits per heavy atom. The molecule has 33 heavy (non-hydrogen) atoms. The molecule has 4 rings (SSSR count). The van der Waals surface area contributed by atoms with E-state index < -0.39 is 12.0 Å². The van der Waals surface area contributed by atoms with Gasteiger partial charge in [0.05, 0.1) is 24.6 Å². The number of amides is 2. The van der Waals surface area contributed by atoms with Crippen LogP contribution in [0.1, 0.15) is 56.8 Å². The summed E-state index contributed by atoms with van der Waals surface area (Å²) in [5.74, 6) is -0.759. The summed E-state index contributed by atoms with van der Waals surface area (Å²) >= 11 is 0. The zero-order chi connectivity index (χ0) is 23.4. The average Bonchev–Trinajstić information content (AvgIpc) is 3.15. The fraction of sp³-hybridized carbons (Fsp3) is 0.222. The second-order valence-electron chi connectivity index (χ2n) is 8.07. The Morgan fingerprint density at radius 2 is 1.79 bits per heavy atom. The zero-order valence-electron chi connectivity index (χ0n) is 18.7. The maximum Gasteiger partial charge on any atom is 0.338 e. The Kier molecular flexibility index (Phi) is 6.54. The van der Waals surface area contributed by atoms with Gasteiger partial charge in [-0.15, -0.1) is 0 Å². The second-order valence-corrected chi connectivity index (χ2v) is 8.07. The normalized spacial score (nSPS) is 13.4. The number of nitrogens with zero attached hydrogens (tertiary/aromatic N) is 1. The van der Waals surface area contributed by atoms with Crippen LogP contribution in [0.2, 0.25) is 0 Å². The van der Waals surface area contributed by atoms with Crippen LogP contribution in [-0.4, -0.2) is 29.3 Å². The van der Waals surface area contributed by atoms with E-state index in [0.29, 0.717) is 23.4 Å². The number of esters is 1. The third-order valence-corrected chi connectivity index (χ3v) is 5.72. The molecular weight excluding hydrogens is 416 g/mol. The van der Waals surface area contributed by atoms with Gasteiger partial charge in [-0.2, -0.15) is 0 Å². The number of carbonyl (C=O) groups excluding carboxylic acids is 3. The maximum atomic E-state index is 13.1. The molecule has 0 unspecified atom stereocenters. The molecule has 0 spiro atoms. The lowest BCUT2D eigenvalue weighted by Crippen LogP contribution is -2.32. The topological polar surface area (TPSA) is 75.7 Å². The minimum Gasteiger partial charge on any atom is -0.462 e. The summed E-state index contributed by atoms with van der Waals surface area (Å²) in [6, 6.07) is 21.7. The first-order valence-electron chi connectivity index (χ1n) is 11.0.